The van der Waals surface area contributed by atoms with Crippen LogP contribution < -0.4 is 4.90 Å². The van der Waals surface area contributed by atoms with Crippen LogP contribution in [-0.4, -0.2) is 0 Å². The van der Waals surface area contributed by atoms with Gasteiger partial charge in [0, 0.05) is 18.0 Å². The zero-order chi connectivity index (χ0) is 10.7. The molecule has 0 N–H and O–H groups in total. The minimum absolute atomic E-state index is 0.0636. The molecule has 0 aliphatic carbocycles. The molecule has 0 unspecified atom stereocenters. The van der Waals surface area contributed by atoms with Gasteiger partial charge in [-0.05, 0) is 12.5 Å². The summed E-state index contributed by atoms with van der Waals surface area (Å²) < 4.78 is 25.4. The number of benzene rings is 1. The van der Waals surface area contributed by atoms with Gasteiger partial charge in [-0.25, -0.2) is 8.78 Å². The fourth-order valence-corrected chi connectivity index (χ4v) is 1.54. The first-order chi connectivity index (χ1) is 7.29. The molecule has 0 amide bonds. The van der Waals surface area contributed by atoms with E-state index in [1.165, 1.54) is 6.07 Å². The molecule has 0 saturated heterocycles. The van der Waals surface area contributed by atoms with Crippen molar-refractivity contribution in [2.24, 2.45) is 0 Å². The van der Waals surface area contributed by atoms with Crippen LogP contribution in [0.2, 0.25) is 0 Å². The van der Waals surface area contributed by atoms with Gasteiger partial charge >= 0.3 is 0 Å². The Morgan fingerprint density at radius 2 is 1.73 bits per heavy atom. The number of hydrogen-bond donors (Lipinski definition) is 0. The first kappa shape index (κ1) is 9.90. The highest BCUT2D eigenvalue weighted by atomic mass is 19.3. The number of allylic oxidation sites excluding steroid dienone is 2. The fourth-order valence-electron chi connectivity index (χ4n) is 1.54. The maximum absolute atomic E-state index is 12.7. The van der Waals surface area contributed by atoms with Gasteiger partial charge in [0.1, 0.15) is 0 Å². The Kier molecular flexibility index (Phi) is 2.81. The van der Waals surface area contributed by atoms with Crippen molar-refractivity contribution in [3.05, 3.63) is 54.4 Å². The standard InChI is InChI=1S/C12H11F2N/c13-12(14)10-6-2-3-7-11(10)15-8-4-1-5-9-15/h2-9,12H,1H2. The average molecular weight is 207 g/mol. The van der Waals surface area contributed by atoms with Crippen LogP contribution in [0, 0.1) is 0 Å². The maximum Gasteiger partial charge on any atom is 0.265 e. The third-order valence-corrected chi connectivity index (χ3v) is 2.25. The van der Waals surface area contributed by atoms with Crippen molar-refractivity contribution in [2.75, 3.05) is 4.90 Å². The lowest BCUT2D eigenvalue weighted by Crippen LogP contribution is -2.11. The molecule has 1 aromatic carbocycles. The third kappa shape index (κ3) is 2.06. The molecular weight excluding hydrogens is 196 g/mol. The van der Waals surface area contributed by atoms with Crippen LogP contribution in [-0.2, 0) is 0 Å². The van der Waals surface area contributed by atoms with Crippen molar-refractivity contribution in [3.63, 3.8) is 0 Å². The Balaban J connectivity index is 2.38. The van der Waals surface area contributed by atoms with E-state index in [4.69, 9.17) is 0 Å². The van der Waals surface area contributed by atoms with Crippen LogP contribution in [0.15, 0.2) is 48.8 Å². The molecule has 0 aromatic heterocycles. The predicted molar refractivity (Wildman–Crippen MR) is 56.8 cm³/mol. The lowest BCUT2D eigenvalue weighted by atomic mass is 10.1. The number of rotatable bonds is 2. The second kappa shape index (κ2) is 4.26. The van der Waals surface area contributed by atoms with Crippen molar-refractivity contribution < 1.29 is 8.78 Å². The van der Waals surface area contributed by atoms with Gasteiger partial charge in [0.15, 0.2) is 0 Å². The second-order valence-electron chi connectivity index (χ2n) is 3.27. The molecule has 1 aliphatic rings. The zero-order valence-corrected chi connectivity index (χ0v) is 8.11. The molecule has 1 heterocycles. The van der Waals surface area contributed by atoms with E-state index in [1.54, 1.807) is 35.5 Å². The summed E-state index contributed by atoms with van der Waals surface area (Å²) in [4.78, 5) is 1.71. The lowest BCUT2D eigenvalue weighted by molar-refractivity contribution is 0.152. The summed E-state index contributed by atoms with van der Waals surface area (Å²) in [6.45, 7) is 0. The fraction of sp³-hybridized carbons (Fsp3) is 0.167. The van der Waals surface area contributed by atoms with E-state index < -0.39 is 6.43 Å². The molecule has 1 nitrogen and oxygen atoms in total. The minimum Gasteiger partial charge on any atom is -0.324 e. The van der Waals surface area contributed by atoms with Crippen molar-refractivity contribution in [1.82, 2.24) is 0 Å². The molecule has 0 fully saturated rings. The monoisotopic (exact) mass is 207 g/mol. The van der Waals surface area contributed by atoms with Crippen LogP contribution in [0.5, 0.6) is 0 Å². The summed E-state index contributed by atoms with van der Waals surface area (Å²) in [5, 5.41) is 0. The van der Waals surface area contributed by atoms with Crippen molar-refractivity contribution in [1.29, 1.82) is 0 Å². The third-order valence-electron chi connectivity index (χ3n) is 2.25. The van der Waals surface area contributed by atoms with Gasteiger partial charge in [-0.15, -0.1) is 0 Å². The summed E-state index contributed by atoms with van der Waals surface area (Å²) in [7, 11) is 0. The molecule has 0 radical (unpaired) electrons. The molecule has 0 atom stereocenters. The number of para-hydroxylation sites is 1. The molecule has 78 valence electrons. The Morgan fingerprint density at radius 3 is 2.40 bits per heavy atom. The van der Waals surface area contributed by atoms with Crippen LogP contribution in [0.25, 0.3) is 0 Å². The van der Waals surface area contributed by atoms with Crippen LogP contribution >= 0.6 is 0 Å². The number of anilines is 1. The highest BCUT2D eigenvalue weighted by Crippen LogP contribution is 2.30. The molecule has 0 bridgehead atoms. The van der Waals surface area contributed by atoms with E-state index in [2.05, 4.69) is 0 Å². The smallest absolute Gasteiger partial charge is 0.265 e. The van der Waals surface area contributed by atoms with E-state index in [-0.39, 0.29) is 5.56 Å². The normalized spacial score (nSPS) is 15.0. The summed E-state index contributed by atoms with van der Waals surface area (Å²) in [6.07, 6.45) is 5.89. The number of nitrogens with zero attached hydrogens (tertiary/aromatic N) is 1. The van der Waals surface area contributed by atoms with E-state index in [0.717, 1.165) is 6.42 Å². The van der Waals surface area contributed by atoms with E-state index in [1.807, 2.05) is 12.2 Å². The van der Waals surface area contributed by atoms with Gasteiger partial charge < -0.3 is 4.90 Å². The van der Waals surface area contributed by atoms with Gasteiger partial charge in [0.25, 0.3) is 6.43 Å². The van der Waals surface area contributed by atoms with Crippen molar-refractivity contribution in [3.8, 4) is 0 Å². The van der Waals surface area contributed by atoms with Gasteiger partial charge in [-0.2, -0.15) is 0 Å². The van der Waals surface area contributed by atoms with Crippen molar-refractivity contribution in [2.45, 2.75) is 12.8 Å². The van der Waals surface area contributed by atoms with Gasteiger partial charge in [-0.3, -0.25) is 0 Å². The summed E-state index contributed by atoms with van der Waals surface area (Å²) >= 11 is 0. The maximum atomic E-state index is 12.7. The molecule has 15 heavy (non-hydrogen) atoms. The Morgan fingerprint density at radius 1 is 1.07 bits per heavy atom. The number of hydrogen-bond acceptors (Lipinski definition) is 1. The zero-order valence-electron chi connectivity index (χ0n) is 8.11. The SMILES string of the molecule is FC(F)c1ccccc1N1C=CCC=C1. The highest BCUT2D eigenvalue weighted by molar-refractivity contribution is 5.59. The minimum atomic E-state index is -2.44. The first-order valence-electron chi connectivity index (χ1n) is 4.78. The average Bonchev–Trinajstić information content (AvgIpc) is 2.30. The van der Waals surface area contributed by atoms with Gasteiger partial charge in [0.2, 0.25) is 0 Å². The first-order valence-corrected chi connectivity index (χ1v) is 4.78. The highest BCUT2D eigenvalue weighted by Gasteiger charge is 2.14. The van der Waals surface area contributed by atoms with E-state index in [0.29, 0.717) is 5.69 Å². The summed E-state index contributed by atoms with van der Waals surface area (Å²) in [6, 6.07) is 6.54. The van der Waals surface area contributed by atoms with Crippen LogP contribution in [0.1, 0.15) is 18.4 Å². The number of alkyl halides is 2. The van der Waals surface area contributed by atoms with Crippen LogP contribution in [0.4, 0.5) is 14.5 Å². The topological polar surface area (TPSA) is 3.24 Å². The Hall–Kier alpha value is -1.64. The van der Waals surface area contributed by atoms with Gasteiger partial charge in [-0.1, -0.05) is 30.4 Å². The van der Waals surface area contributed by atoms with E-state index in [9.17, 15) is 8.78 Å². The summed E-state index contributed by atoms with van der Waals surface area (Å²) in [5.41, 5.74) is 0.605. The van der Waals surface area contributed by atoms with Gasteiger partial charge in [0.05, 0.1) is 5.69 Å². The van der Waals surface area contributed by atoms with Crippen molar-refractivity contribution >= 4 is 5.69 Å². The number of halogens is 2. The molecule has 3 heteroatoms. The van der Waals surface area contributed by atoms with E-state index >= 15 is 0 Å². The second-order valence-corrected chi connectivity index (χ2v) is 3.27. The quantitative estimate of drug-likeness (QED) is 0.711. The molecule has 1 aliphatic heterocycles. The Bertz CT molecular complexity index is 384. The molecule has 2 rings (SSSR count). The molecule has 0 saturated carbocycles. The lowest BCUT2D eigenvalue weighted by Gasteiger charge is -2.21. The molecule has 0 spiro atoms. The largest absolute Gasteiger partial charge is 0.324 e. The Labute approximate surface area is 87.3 Å². The molecule has 1 aromatic rings. The molecular formula is C12H11F2N. The predicted octanol–water partition coefficient (Wildman–Crippen LogP) is 3.86. The summed E-state index contributed by atoms with van der Waals surface area (Å²) in [5.74, 6) is 0. The van der Waals surface area contributed by atoms with Crippen LogP contribution in [0.3, 0.4) is 0 Å².